The van der Waals surface area contributed by atoms with Gasteiger partial charge in [0.25, 0.3) is 0 Å². The Morgan fingerprint density at radius 1 is 1.20 bits per heavy atom. The third-order valence-electron chi connectivity index (χ3n) is 3.28. The molecule has 2 aliphatic rings. The van der Waals surface area contributed by atoms with E-state index in [1.807, 2.05) is 30.3 Å². The van der Waals surface area contributed by atoms with Crippen molar-refractivity contribution in [3.63, 3.8) is 0 Å². The molecule has 3 rings (SSSR count). The molecule has 104 valence electrons. The Morgan fingerprint density at radius 2 is 1.95 bits per heavy atom. The number of carbonyl (C=O) groups excluding carboxylic acids is 2. The molecular formula is C15H14O5. The Balaban J connectivity index is 1.74. The van der Waals surface area contributed by atoms with Gasteiger partial charge in [0, 0.05) is 13.0 Å². The van der Waals surface area contributed by atoms with Crippen LogP contribution in [0.1, 0.15) is 18.6 Å². The number of epoxide rings is 1. The summed E-state index contributed by atoms with van der Waals surface area (Å²) in [6, 6.07) is 9.67. The maximum atomic E-state index is 11.4. The topological polar surface area (TPSA) is 65.1 Å². The van der Waals surface area contributed by atoms with Crippen LogP contribution >= 0.6 is 0 Å². The molecule has 2 heterocycles. The second kappa shape index (κ2) is 5.09. The highest BCUT2D eigenvalue weighted by Gasteiger charge is 2.52. The van der Waals surface area contributed by atoms with Crippen LogP contribution in [0.15, 0.2) is 42.5 Å². The third-order valence-corrected chi connectivity index (χ3v) is 3.28. The van der Waals surface area contributed by atoms with Crippen molar-refractivity contribution in [3.05, 3.63) is 48.0 Å². The van der Waals surface area contributed by atoms with Crippen molar-refractivity contribution < 1.29 is 23.8 Å². The molecule has 0 saturated carbocycles. The van der Waals surface area contributed by atoms with Gasteiger partial charge in [-0.05, 0) is 11.6 Å². The highest BCUT2D eigenvalue weighted by molar-refractivity contribution is 5.83. The van der Waals surface area contributed by atoms with E-state index in [2.05, 4.69) is 0 Å². The zero-order valence-corrected chi connectivity index (χ0v) is 10.9. The minimum atomic E-state index is -0.596. The molecule has 5 heteroatoms. The molecule has 0 bridgehead atoms. The van der Waals surface area contributed by atoms with Crippen LogP contribution in [0.4, 0.5) is 0 Å². The van der Waals surface area contributed by atoms with Gasteiger partial charge in [0.1, 0.15) is 12.2 Å². The number of cyclic esters (lactones) is 1. The van der Waals surface area contributed by atoms with Gasteiger partial charge in [0.15, 0.2) is 12.2 Å². The number of hydrogen-bond acceptors (Lipinski definition) is 5. The van der Waals surface area contributed by atoms with Crippen LogP contribution in [0, 0.1) is 0 Å². The van der Waals surface area contributed by atoms with E-state index in [9.17, 15) is 9.59 Å². The summed E-state index contributed by atoms with van der Waals surface area (Å²) < 4.78 is 16.0. The first-order valence-corrected chi connectivity index (χ1v) is 6.41. The van der Waals surface area contributed by atoms with Crippen LogP contribution < -0.4 is 0 Å². The molecule has 0 aromatic heterocycles. The van der Waals surface area contributed by atoms with Crippen molar-refractivity contribution in [2.24, 2.45) is 0 Å². The predicted molar refractivity (Wildman–Crippen MR) is 68.6 cm³/mol. The van der Waals surface area contributed by atoms with Gasteiger partial charge in [-0.2, -0.15) is 0 Å². The molecule has 1 aromatic rings. The van der Waals surface area contributed by atoms with Crippen molar-refractivity contribution in [1.29, 1.82) is 0 Å². The number of carbonyl (C=O) groups is 2. The SMILES string of the molecule is CC(=O)O[C@@H]1C=CC(=O)O[C@H]1[C@@H]1O[C@@H]1c1ccccc1. The average molecular weight is 274 g/mol. The zero-order chi connectivity index (χ0) is 14.1. The minimum Gasteiger partial charge on any atom is -0.454 e. The summed E-state index contributed by atoms with van der Waals surface area (Å²) in [6.45, 7) is 1.32. The van der Waals surface area contributed by atoms with Gasteiger partial charge in [-0.15, -0.1) is 0 Å². The first-order valence-electron chi connectivity index (χ1n) is 6.41. The summed E-state index contributed by atoms with van der Waals surface area (Å²) in [4.78, 5) is 22.5. The van der Waals surface area contributed by atoms with E-state index in [0.29, 0.717) is 0 Å². The van der Waals surface area contributed by atoms with E-state index in [1.54, 1.807) is 6.08 Å². The number of hydrogen-bond donors (Lipinski definition) is 0. The predicted octanol–water partition coefficient (Wildman–Crippen LogP) is 1.54. The molecule has 1 aromatic carbocycles. The van der Waals surface area contributed by atoms with Gasteiger partial charge < -0.3 is 14.2 Å². The van der Waals surface area contributed by atoms with E-state index in [1.165, 1.54) is 13.0 Å². The van der Waals surface area contributed by atoms with E-state index in [4.69, 9.17) is 14.2 Å². The van der Waals surface area contributed by atoms with E-state index < -0.39 is 24.1 Å². The van der Waals surface area contributed by atoms with E-state index >= 15 is 0 Å². The minimum absolute atomic E-state index is 0.126. The van der Waals surface area contributed by atoms with Gasteiger partial charge in [-0.3, -0.25) is 4.79 Å². The fraction of sp³-hybridized carbons (Fsp3) is 0.333. The first-order chi connectivity index (χ1) is 9.65. The van der Waals surface area contributed by atoms with Crippen LogP contribution in [0.5, 0.6) is 0 Å². The number of rotatable bonds is 3. The number of esters is 2. The monoisotopic (exact) mass is 274 g/mol. The van der Waals surface area contributed by atoms with Gasteiger partial charge >= 0.3 is 11.9 Å². The van der Waals surface area contributed by atoms with Crippen LogP contribution in [-0.4, -0.2) is 30.3 Å². The van der Waals surface area contributed by atoms with Gasteiger partial charge in [-0.25, -0.2) is 4.79 Å². The molecule has 4 atom stereocenters. The van der Waals surface area contributed by atoms with Gasteiger partial charge in [0.05, 0.1) is 0 Å². The highest BCUT2D eigenvalue weighted by atomic mass is 16.6. The zero-order valence-electron chi connectivity index (χ0n) is 10.9. The van der Waals surface area contributed by atoms with E-state index in [-0.39, 0.29) is 12.2 Å². The molecule has 0 amide bonds. The molecule has 0 aliphatic carbocycles. The lowest BCUT2D eigenvalue weighted by atomic mass is 10.0. The maximum Gasteiger partial charge on any atom is 0.331 e. The Hall–Kier alpha value is -2.14. The summed E-state index contributed by atoms with van der Waals surface area (Å²) in [6.07, 6.45) is 1.21. The standard InChI is InChI=1S/C15H14O5/c1-9(16)18-11-7-8-12(17)19-14(11)15-13(20-15)10-5-3-2-4-6-10/h2-8,11,13-15H,1H3/t11-,13-,14-,15-/m1/s1. The molecule has 0 radical (unpaired) electrons. The fourth-order valence-corrected chi connectivity index (χ4v) is 2.36. The lowest BCUT2D eigenvalue weighted by molar-refractivity contribution is -0.163. The quantitative estimate of drug-likeness (QED) is 0.618. The Morgan fingerprint density at radius 3 is 2.65 bits per heavy atom. The summed E-state index contributed by atoms with van der Waals surface area (Å²) in [5.74, 6) is -0.861. The molecule has 1 saturated heterocycles. The molecule has 20 heavy (non-hydrogen) atoms. The normalized spacial score (nSPS) is 31.6. The Kier molecular flexibility index (Phi) is 3.28. The van der Waals surface area contributed by atoms with Gasteiger partial charge in [-0.1, -0.05) is 30.3 Å². The van der Waals surface area contributed by atoms with Crippen LogP contribution in [0.2, 0.25) is 0 Å². The molecule has 0 N–H and O–H groups in total. The number of ether oxygens (including phenoxy) is 3. The third kappa shape index (κ3) is 2.58. The first kappa shape index (κ1) is 12.9. The molecule has 2 aliphatic heterocycles. The van der Waals surface area contributed by atoms with E-state index in [0.717, 1.165) is 5.56 Å². The van der Waals surface area contributed by atoms with Crippen molar-refractivity contribution in [2.45, 2.75) is 31.3 Å². The summed E-state index contributed by atoms with van der Waals surface area (Å²) in [5.41, 5.74) is 1.02. The van der Waals surface area contributed by atoms with Crippen molar-refractivity contribution in [1.82, 2.24) is 0 Å². The summed E-state index contributed by atoms with van der Waals surface area (Å²) in [7, 11) is 0. The second-order valence-electron chi connectivity index (χ2n) is 4.77. The van der Waals surface area contributed by atoms with Crippen molar-refractivity contribution in [2.75, 3.05) is 0 Å². The van der Waals surface area contributed by atoms with Crippen LogP contribution in [-0.2, 0) is 23.8 Å². The lowest BCUT2D eigenvalue weighted by Gasteiger charge is -2.25. The van der Waals surface area contributed by atoms with Crippen molar-refractivity contribution in [3.8, 4) is 0 Å². The van der Waals surface area contributed by atoms with Crippen LogP contribution in [0.3, 0.4) is 0 Å². The smallest absolute Gasteiger partial charge is 0.331 e. The lowest BCUT2D eigenvalue weighted by Crippen LogP contribution is -2.40. The van der Waals surface area contributed by atoms with Crippen LogP contribution in [0.25, 0.3) is 0 Å². The van der Waals surface area contributed by atoms with Gasteiger partial charge in [0.2, 0.25) is 0 Å². The molecule has 0 unspecified atom stereocenters. The molecule has 5 nitrogen and oxygen atoms in total. The summed E-state index contributed by atoms with van der Waals surface area (Å²) in [5, 5.41) is 0. The fourth-order valence-electron chi connectivity index (χ4n) is 2.36. The Bertz CT molecular complexity index is 551. The Labute approximate surface area is 116 Å². The molecule has 1 fully saturated rings. The second-order valence-corrected chi connectivity index (χ2v) is 4.77. The molecular weight excluding hydrogens is 260 g/mol. The average Bonchev–Trinajstić information content (AvgIpc) is 3.21. The highest BCUT2D eigenvalue weighted by Crippen LogP contribution is 2.43. The summed E-state index contributed by atoms with van der Waals surface area (Å²) >= 11 is 0. The molecule has 0 spiro atoms. The largest absolute Gasteiger partial charge is 0.454 e. The maximum absolute atomic E-state index is 11.4. The number of benzene rings is 1. The van der Waals surface area contributed by atoms with Crippen molar-refractivity contribution >= 4 is 11.9 Å².